The number of carbonyl (C=O) groups is 3. The highest BCUT2D eigenvalue weighted by atomic mass is 16.5. The van der Waals surface area contributed by atoms with E-state index >= 15 is 0 Å². The van der Waals surface area contributed by atoms with E-state index in [0.717, 1.165) is 12.8 Å². The standard InChI is InChI=1S/C19H19NO4/c1-2-24-19(23)13-7-9-14(10-8-13)20-17(21)15-11-3-4-12(6-5-11)16(15)18(20)22/h3-4,7-12,15-16H,2,5-6H2,1H3/t11-,12-,15-,16+/m0/s1. The molecular formula is C19H19NO4. The summed E-state index contributed by atoms with van der Waals surface area (Å²) in [4.78, 5) is 38.7. The van der Waals surface area contributed by atoms with Gasteiger partial charge in [-0.3, -0.25) is 14.5 Å². The molecule has 4 aliphatic rings. The van der Waals surface area contributed by atoms with Crippen LogP contribution in [0.2, 0.25) is 0 Å². The number of benzene rings is 1. The lowest BCUT2D eigenvalue weighted by molar-refractivity contribution is -0.124. The van der Waals surface area contributed by atoms with Crippen LogP contribution in [0.1, 0.15) is 30.1 Å². The SMILES string of the molecule is CCOC(=O)c1ccc(N2C(=O)[C@@H]3[C@H](C2=O)[C@H]2C=C[C@H]3CC2)cc1. The predicted octanol–water partition coefficient (Wildman–Crippen LogP) is 2.56. The van der Waals surface area contributed by atoms with Gasteiger partial charge in [0.2, 0.25) is 11.8 Å². The lowest BCUT2D eigenvalue weighted by Gasteiger charge is -2.38. The quantitative estimate of drug-likeness (QED) is 0.487. The summed E-state index contributed by atoms with van der Waals surface area (Å²) in [6.07, 6.45) is 6.18. The molecule has 1 aromatic carbocycles. The maximum atomic E-state index is 12.8. The smallest absolute Gasteiger partial charge is 0.338 e. The number of hydrogen-bond donors (Lipinski definition) is 0. The van der Waals surface area contributed by atoms with Crippen molar-refractivity contribution < 1.29 is 19.1 Å². The Labute approximate surface area is 140 Å². The van der Waals surface area contributed by atoms with Crippen LogP contribution in [0.4, 0.5) is 5.69 Å². The fraction of sp³-hybridized carbons (Fsp3) is 0.421. The minimum absolute atomic E-state index is 0.104. The van der Waals surface area contributed by atoms with Crippen LogP contribution in [0, 0.1) is 23.7 Å². The van der Waals surface area contributed by atoms with Crippen molar-refractivity contribution in [3.05, 3.63) is 42.0 Å². The molecule has 0 N–H and O–H groups in total. The van der Waals surface area contributed by atoms with Gasteiger partial charge >= 0.3 is 5.97 Å². The normalized spacial score (nSPS) is 30.6. The van der Waals surface area contributed by atoms with E-state index in [1.54, 1.807) is 31.2 Å². The van der Waals surface area contributed by atoms with Gasteiger partial charge in [-0.2, -0.15) is 0 Å². The number of anilines is 1. The highest BCUT2D eigenvalue weighted by molar-refractivity contribution is 6.22. The van der Waals surface area contributed by atoms with Gasteiger partial charge in [0.15, 0.2) is 0 Å². The number of ether oxygens (including phenoxy) is 1. The highest BCUT2D eigenvalue weighted by Crippen LogP contribution is 2.50. The molecule has 24 heavy (non-hydrogen) atoms. The highest BCUT2D eigenvalue weighted by Gasteiger charge is 2.56. The second kappa shape index (κ2) is 5.58. The topological polar surface area (TPSA) is 63.7 Å². The van der Waals surface area contributed by atoms with Crippen LogP contribution in [0.3, 0.4) is 0 Å². The molecule has 124 valence electrons. The number of nitrogens with zero attached hydrogens (tertiary/aromatic N) is 1. The molecule has 1 saturated carbocycles. The summed E-state index contributed by atoms with van der Waals surface area (Å²) in [5.41, 5.74) is 0.950. The summed E-state index contributed by atoms with van der Waals surface area (Å²) in [5, 5.41) is 0. The van der Waals surface area contributed by atoms with Crippen molar-refractivity contribution in [2.45, 2.75) is 19.8 Å². The summed E-state index contributed by atoms with van der Waals surface area (Å²) in [7, 11) is 0. The number of esters is 1. The van der Waals surface area contributed by atoms with Gasteiger partial charge in [-0.05, 0) is 55.9 Å². The third-order valence-corrected chi connectivity index (χ3v) is 5.40. The molecule has 0 aromatic heterocycles. The first-order valence-electron chi connectivity index (χ1n) is 8.45. The molecular weight excluding hydrogens is 306 g/mol. The van der Waals surface area contributed by atoms with E-state index in [0.29, 0.717) is 17.9 Å². The van der Waals surface area contributed by atoms with Crippen molar-refractivity contribution in [2.24, 2.45) is 23.7 Å². The molecule has 0 radical (unpaired) electrons. The summed E-state index contributed by atoms with van der Waals surface area (Å²) < 4.78 is 4.95. The first kappa shape index (κ1) is 15.1. The van der Waals surface area contributed by atoms with E-state index in [9.17, 15) is 14.4 Å². The first-order chi connectivity index (χ1) is 11.6. The van der Waals surface area contributed by atoms with Crippen molar-refractivity contribution in [3.8, 4) is 0 Å². The number of rotatable bonds is 3. The van der Waals surface area contributed by atoms with Crippen LogP contribution in [0.15, 0.2) is 36.4 Å². The van der Waals surface area contributed by atoms with Gasteiger partial charge in [-0.15, -0.1) is 0 Å². The predicted molar refractivity (Wildman–Crippen MR) is 87.2 cm³/mol. The second-order valence-electron chi connectivity index (χ2n) is 6.62. The second-order valence-corrected chi connectivity index (χ2v) is 6.62. The fourth-order valence-electron chi connectivity index (χ4n) is 4.29. The van der Waals surface area contributed by atoms with Crippen LogP contribution in [-0.2, 0) is 14.3 Å². The zero-order valence-electron chi connectivity index (χ0n) is 13.5. The van der Waals surface area contributed by atoms with Crippen LogP contribution >= 0.6 is 0 Å². The van der Waals surface area contributed by atoms with Crippen molar-refractivity contribution in [1.82, 2.24) is 0 Å². The molecule has 1 aliphatic heterocycles. The summed E-state index contributed by atoms with van der Waals surface area (Å²) in [5.74, 6) is -0.683. The number of amides is 2. The van der Waals surface area contributed by atoms with Gasteiger partial charge < -0.3 is 4.74 Å². The Morgan fingerprint density at radius 2 is 1.58 bits per heavy atom. The molecule has 1 aromatic rings. The van der Waals surface area contributed by atoms with Gasteiger partial charge in [-0.25, -0.2) is 4.79 Å². The van der Waals surface area contributed by atoms with Gasteiger partial charge in [0.25, 0.3) is 0 Å². The van der Waals surface area contributed by atoms with Gasteiger partial charge in [-0.1, -0.05) is 12.2 Å². The van der Waals surface area contributed by atoms with Crippen LogP contribution in [0.5, 0.6) is 0 Å². The number of imide groups is 1. The molecule has 5 nitrogen and oxygen atoms in total. The molecule has 4 atom stereocenters. The zero-order chi connectivity index (χ0) is 16.8. The third-order valence-electron chi connectivity index (χ3n) is 5.40. The van der Waals surface area contributed by atoms with E-state index in [1.807, 2.05) is 0 Å². The molecule has 3 aliphatic carbocycles. The molecule has 5 heteroatoms. The molecule has 1 saturated heterocycles. The molecule has 0 unspecified atom stereocenters. The van der Waals surface area contributed by atoms with E-state index in [4.69, 9.17) is 4.74 Å². The van der Waals surface area contributed by atoms with Crippen molar-refractivity contribution >= 4 is 23.5 Å². The van der Waals surface area contributed by atoms with Crippen LogP contribution in [-0.4, -0.2) is 24.4 Å². The molecule has 0 spiro atoms. The maximum Gasteiger partial charge on any atom is 0.338 e. The minimum Gasteiger partial charge on any atom is -0.462 e. The van der Waals surface area contributed by atoms with Gasteiger partial charge in [0, 0.05) is 0 Å². The number of carbonyl (C=O) groups excluding carboxylic acids is 3. The largest absolute Gasteiger partial charge is 0.462 e. The average Bonchev–Trinajstić information content (AvgIpc) is 2.90. The number of fused-ring (bicyclic) bond motifs is 1. The fourth-order valence-corrected chi connectivity index (χ4v) is 4.29. The summed E-state index contributed by atoms with van der Waals surface area (Å²) in [6.45, 7) is 2.06. The lowest BCUT2D eigenvalue weighted by atomic mass is 9.63. The monoisotopic (exact) mass is 325 g/mol. The Morgan fingerprint density at radius 3 is 2.04 bits per heavy atom. The summed E-state index contributed by atoms with van der Waals surface area (Å²) >= 11 is 0. The minimum atomic E-state index is -0.404. The lowest BCUT2D eigenvalue weighted by Crippen LogP contribution is -2.38. The average molecular weight is 325 g/mol. The maximum absolute atomic E-state index is 12.8. The van der Waals surface area contributed by atoms with E-state index < -0.39 is 5.97 Å². The van der Waals surface area contributed by atoms with Crippen LogP contribution < -0.4 is 4.90 Å². The Balaban J connectivity index is 1.62. The van der Waals surface area contributed by atoms with Crippen molar-refractivity contribution in [1.29, 1.82) is 0 Å². The first-order valence-corrected chi connectivity index (χ1v) is 8.45. The van der Waals surface area contributed by atoms with Gasteiger partial charge in [0.05, 0.1) is 29.7 Å². The van der Waals surface area contributed by atoms with E-state index in [2.05, 4.69) is 12.2 Å². The third kappa shape index (κ3) is 2.11. The molecule has 2 amide bonds. The number of hydrogen-bond acceptors (Lipinski definition) is 4. The van der Waals surface area contributed by atoms with Crippen LogP contribution in [0.25, 0.3) is 0 Å². The Morgan fingerprint density at radius 1 is 1.04 bits per heavy atom. The Hall–Kier alpha value is -2.43. The Kier molecular flexibility index (Phi) is 3.52. The van der Waals surface area contributed by atoms with Crippen molar-refractivity contribution in [3.63, 3.8) is 0 Å². The van der Waals surface area contributed by atoms with E-state index in [1.165, 1.54) is 4.90 Å². The van der Waals surface area contributed by atoms with Crippen molar-refractivity contribution in [2.75, 3.05) is 11.5 Å². The molecule has 2 bridgehead atoms. The van der Waals surface area contributed by atoms with E-state index in [-0.39, 0.29) is 35.5 Å². The number of allylic oxidation sites excluding steroid dienone is 2. The molecule has 1 heterocycles. The molecule has 5 rings (SSSR count). The Bertz CT molecular complexity index is 704. The summed E-state index contributed by atoms with van der Waals surface area (Å²) in [6, 6.07) is 6.49. The zero-order valence-corrected chi connectivity index (χ0v) is 13.5. The van der Waals surface area contributed by atoms with Gasteiger partial charge in [0.1, 0.15) is 0 Å². The molecule has 2 fully saturated rings.